The molecular weight excluding hydrogens is 426 g/mol. The van der Waals surface area contributed by atoms with Crippen molar-refractivity contribution in [2.75, 3.05) is 26.2 Å². The second kappa shape index (κ2) is 7.72. The lowest BCUT2D eigenvalue weighted by molar-refractivity contribution is -0.144. The lowest BCUT2D eigenvalue weighted by Gasteiger charge is -2.35. The quantitative estimate of drug-likeness (QED) is 0.594. The number of rotatable bonds is 7. The number of nitrogens with zero attached hydrogens (tertiary/aromatic N) is 3. The number of aromatic nitrogens is 1. The molecule has 1 aliphatic carbocycles. The summed E-state index contributed by atoms with van der Waals surface area (Å²) in [6.45, 7) is 3.02. The molecule has 2 aliphatic heterocycles. The fourth-order valence-electron chi connectivity index (χ4n) is 4.75. The van der Waals surface area contributed by atoms with Gasteiger partial charge in [0.05, 0.1) is 10.2 Å². The first-order valence-electron chi connectivity index (χ1n) is 11.1. The van der Waals surface area contributed by atoms with Gasteiger partial charge in [-0.15, -0.1) is 0 Å². The first-order chi connectivity index (χ1) is 15.6. The Hall–Kier alpha value is -2.68. The number of piperazine rings is 1. The predicted octanol–water partition coefficient (Wildman–Crippen LogP) is 3.28. The average Bonchev–Trinajstić information content (AvgIpc) is 3.15. The maximum atomic E-state index is 12.4. The van der Waals surface area contributed by atoms with Crippen LogP contribution in [0.1, 0.15) is 19.3 Å². The Morgan fingerprint density at radius 2 is 1.88 bits per heavy atom. The second-order valence-electron chi connectivity index (χ2n) is 8.90. The van der Waals surface area contributed by atoms with Gasteiger partial charge in [0.25, 0.3) is 11.1 Å². The van der Waals surface area contributed by atoms with Crippen molar-refractivity contribution in [3.8, 4) is 16.7 Å². The molecule has 1 N–H and O–H groups in total. The smallest absolute Gasteiger partial charge is 0.279 e. The van der Waals surface area contributed by atoms with E-state index >= 15 is 0 Å². The van der Waals surface area contributed by atoms with E-state index in [0.717, 1.165) is 47.8 Å². The minimum atomic E-state index is -1.05. The van der Waals surface area contributed by atoms with Gasteiger partial charge in [0.2, 0.25) is 0 Å². The molecule has 2 aromatic carbocycles. The molecule has 1 aromatic heterocycles. The lowest BCUT2D eigenvalue weighted by atomic mass is 10.2. The third kappa shape index (κ3) is 3.72. The standard InChI is InChI=1S/C24H25N3O4S/c28-22(24(29)9-10-24)27-15-16-13-17(27)14-26(16)11-12-30-18-5-7-19(8-6-18)31-23-25-20-3-1-2-4-21(20)32-23/h1-8,16-17,29H,9-15H2/t16-,17-/m0/s1. The molecular formula is C24H25N3O4S. The molecule has 0 radical (unpaired) electrons. The number of para-hydroxylation sites is 1. The van der Waals surface area contributed by atoms with Crippen LogP contribution in [0.25, 0.3) is 10.2 Å². The van der Waals surface area contributed by atoms with Crippen LogP contribution in [0.4, 0.5) is 0 Å². The van der Waals surface area contributed by atoms with Crippen LogP contribution < -0.4 is 9.47 Å². The van der Waals surface area contributed by atoms with E-state index in [2.05, 4.69) is 9.88 Å². The minimum Gasteiger partial charge on any atom is -0.492 e. The molecule has 0 unspecified atom stereocenters. The summed E-state index contributed by atoms with van der Waals surface area (Å²) < 4.78 is 12.9. The topological polar surface area (TPSA) is 75.1 Å². The highest BCUT2D eigenvalue weighted by Crippen LogP contribution is 2.41. The van der Waals surface area contributed by atoms with Crippen molar-refractivity contribution in [2.45, 2.75) is 36.9 Å². The molecule has 6 rings (SSSR count). The van der Waals surface area contributed by atoms with Crippen LogP contribution in [0.2, 0.25) is 0 Å². The highest BCUT2D eigenvalue weighted by atomic mass is 32.1. The van der Waals surface area contributed by atoms with Crippen LogP contribution in [0, 0.1) is 0 Å². The van der Waals surface area contributed by atoms with Crippen LogP contribution >= 0.6 is 11.3 Å². The van der Waals surface area contributed by atoms with E-state index in [4.69, 9.17) is 9.47 Å². The highest BCUT2D eigenvalue weighted by Gasteiger charge is 2.55. The summed E-state index contributed by atoms with van der Waals surface area (Å²) in [5, 5.41) is 10.7. The summed E-state index contributed by atoms with van der Waals surface area (Å²) >= 11 is 1.53. The number of ether oxygens (including phenoxy) is 2. The number of carbonyl (C=O) groups excluding carboxylic acids is 1. The largest absolute Gasteiger partial charge is 0.492 e. The van der Waals surface area contributed by atoms with Gasteiger partial charge in [-0.05, 0) is 55.7 Å². The molecule has 3 fully saturated rings. The van der Waals surface area contributed by atoms with E-state index in [1.54, 1.807) is 0 Å². The number of amides is 1. The normalized spacial score (nSPS) is 23.6. The molecule has 3 aromatic rings. The van der Waals surface area contributed by atoms with E-state index in [1.807, 2.05) is 53.4 Å². The lowest BCUT2D eigenvalue weighted by Crippen LogP contribution is -2.52. The maximum Gasteiger partial charge on any atom is 0.279 e. The highest BCUT2D eigenvalue weighted by molar-refractivity contribution is 7.20. The van der Waals surface area contributed by atoms with Gasteiger partial charge in [-0.3, -0.25) is 9.69 Å². The first kappa shape index (κ1) is 20.0. The van der Waals surface area contributed by atoms with E-state index in [9.17, 15) is 9.90 Å². The summed E-state index contributed by atoms with van der Waals surface area (Å²) in [6, 6.07) is 16.2. The summed E-state index contributed by atoms with van der Waals surface area (Å²) in [4.78, 5) is 21.2. The zero-order valence-electron chi connectivity index (χ0n) is 17.6. The molecule has 3 heterocycles. The van der Waals surface area contributed by atoms with Crippen molar-refractivity contribution in [1.29, 1.82) is 0 Å². The minimum absolute atomic E-state index is 0.0611. The molecule has 2 atom stereocenters. The molecule has 7 nitrogen and oxygen atoms in total. The Labute approximate surface area is 190 Å². The fourth-order valence-corrected chi connectivity index (χ4v) is 5.59. The van der Waals surface area contributed by atoms with Gasteiger partial charge in [0.15, 0.2) is 0 Å². The summed E-state index contributed by atoms with van der Waals surface area (Å²) in [5.74, 6) is 1.48. The van der Waals surface area contributed by atoms with Crippen LogP contribution in [-0.2, 0) is 4.79 Å². The number of likely N-dealkylation sites (tertiary alicyclic amines) is 2. The van der Waals surface area contributed by atoms with Crippen molar-refractivity contribution in [3.63, 3.8) is 0 Å². The zero-order chi connectivity index (χ0) is 21.7. The van der Waals surface area contributed by atoms with E-state index < -0.39 is 5.60 Å². The molecule has 32 heavy (non-hydrogen) atoms. The summed E-state index contributed by atoms with van der Waals surface area (Å²) in [5.41, 5.74) is -0.111. The summed E-state index contributed by atoms with van der Waals surface area (Å²) in [7, 11) is 0. The van der Waals surface area contributed by atoms with E-state index in [0.29, 0.717) is 30.7 Å². The average molecular weight is 452 g/mol. The van der Waals surface area contributed by atoms with Crippen LogP contribution in [0.5, 0.6) is 16.7 Å². The molecule has 1 amide bonds. The van der Waals surface area contributed by atoms with Gasteiger partial charge in [-0.25, -0.2) is 4.98 Å². The number of aliphatic hydroxyl groups is 1. The third-order valence-electron chi connectivity index (χ3n) is 6.69. The summed E-state index contributed by atoms with van der Waals surface area (Å²) in [6.07, 6.45) is 2.23. The number of fused-ring (bicyclic) bond motifs is 3. The Morgan fingerprint density at radius 3 is 2.59 bits per heavy atom. The fraction of sp³-hybridized carbons (Fsp3) is 0.417. The number of carbonyl (C=O) groups is 1. The van der Waals surface area contributed by atoms with Crippen LogP contribution in [0.3, 0.4) is 0 Å². The molecule has 2 saturated heterocycles. The van der Waals surface area contributed by atoms with Gasteiger partial charge in [-0.1, -0.05) is 23.5 Å². The molecule has 0 spiro atoms. The Morgan fingerprint density at radius 1 is 1.09 bits per heavy atom. The monoisotopic (exact) mass is 451 g/mol. The SMILES string of the molecule is O=C(N1C[C@@H]2C[C@H]1CN2CCOc1ccc(Oc2nc3ccccc3s2)cc1)C1(O)CC1. The maximum absolute atomic E-state index is 12.4. The van der Waals surface area contributed by atoms with Crippen molar-refractivity contribution in [2.24, 2.45) is 0 Å². The van der Waals surface area contributed by atoms with Gasteiger partial charge in [0, 0.05) is 31.7 Å². The number of benzene rings is 2. The van der Waals surface area contributed by atoms with E-state index in [1.165, 1.54) is 11.3 Å². The van der Waals surface area contributed by atoms with Crippen LogP contribution in [-0.4, -0.2) is 69.7 Å². The Kier molecular flexibility index (Phi) is 4.82. The molecule has 8 heteroatoms. The van der Waals surface area contributed by atoms with Gasteiger partial charge >= 0.3 is 0 Å². The van der Waals surface area contributed by atoms with Crippen molar-refractivity contribution < 1.29 is 19.4 Å². The van der Waals surface area contributed by atoms with E-state index in [-0.39, 0.29) is 11.9 Å². The third-order valence-corrected chi connectivity index (χ3v) is 7.60. The number of hydrogen-bond donors (Lipinski definition) is 1. The van der Waals surface area contributed by atoms with Gasteiger partial charge in [0.1, 0.15) is 23.7 Å². The van der Waals surface area contributed by atoms with Crippen molar-refractivity contribution in [3.05, 3.63) is 48.5 Å². The van der Waals surface area contributed by atoms with Crippen molar-refractivity contribution >= 4 is 27.5 Å². The molecule has 166 valence electrons. The Bertz CT molecular complexity index is 1110. The van der Waals surface area contributed by atoms with Gasteiger partial charge < -0.3 is 19.5 Å². The first-order valence-corrected chi connectivity index (χ1v) is 11.9. The molecule has 3 aliphatic rings. The second-order valence-corrected chi connectivity index (χ2v) is 9.89. The van der Waals surface area contributed by atoms with Gasteiger partial charge in [-0.2, -0.15) is 0 Å². The van der Waals surface area contributed by atoms with Crippen molar-refractivity contribution in [1.82, 2.24) is 14.8 Å². The predicted molar refractivity (Wildman–Crippen MR) is 121 cm³/mol. The zero-order valence-corrected chi connectivity index (χ0v) is 18.5. The Balaban J connectivity index is 0.981. The number of thiazole rings is 1. The molecule has 1 saturated carbocycles. The number of hydrogen-bond acceptors (Lipinski definition) is 7. The molecule has 2 bridgehead atoms. The van der Waals surface area contributed by atoms with Crippen LogP contribution in [0.15, 0.2) is 48.5 Å².